The molecule has 0 saturated carbocycles. The highest BCUT2D eigenvalue weighted by molar-refractivity contribution is 5.77. The first-order chi connectivity index (χ1) is 10.9. The normalized spacial score (nSPS) is 11.1. The molecular weight excluding hydrogens is 316 g/mol. The van der Waals surface area contributed by atoms with Crippen LogP contribution in [-0.2, 0) is 17.5 Å². The van der Waals surface area contributed by atoms with Gasteiger partial charge in [-0.15, -0.1) is 0 Å². The molecule has 1 amide bonds. The molecule has 0 saturated heterocycles. The molecule has 0 aliphatic heterocycles. The number of halogens is 4. The van der Waals surface area contributed by atoms with Crippen molar-refractivity contribution in [3.05, 3.63) is 59.7 Å². The number of amides is 1. The van der Waals surface area contributed by atoms with Gasteiger partial charge in [-0.1, -0.05) is 18.2 Å². The first-order valence-corrected chi connectivity index (χ1v) is 6.52. The number of alkyl halides is 3. The van der Waals surface area contributed by atoms with Crippen LogP contribution in [0.2, 0.25) is 0 Å². The van der Waals surface area contributed by atoms with Gasteiger partial charge in [-0.05, 0) is 12.1 Å². The molecule has 0 atom stereocenters. The minimum Gasteiger partial charge on any atom is -0.484 e. The Balaban J connectivity index is 1.86. The van der Waals surface area contributed by atoms with Crippen molar-refractivity contribution in [2.75, 3.05) is 6.61 Å². The summed E-state index contributed by atoms with van der Waals surface area (Å²) in [6, 6.07) is 7.81. The van der Waals surface area contributed by atoms with E-state index in [2.05, 4.69) is 10.3 Å². The summed E-state index contributed by atoms with van der Waals surface area (Å²) in [6.07, 6.45) is -3.65. The molecule has 2 rings (SSSR count). The van der Waals surface area contributed by atoms with Crippen molar-refractivity contribution in [1.29, 1.82) is 0 Å². The number of carbonyl (C=O) groups is 1. The Bertz CT molecular complexity index is 689. The van der Waals surface area contributed by atoms with Gasteiger partial charge >= 0.3 is 6.18 Å². The summed E-state index contributed by atoms with van der Waals surface area (Å²) in [5.41, 5.74) is -0.814. The monoisotopic (exact) mass is 328 g/mol. The number of nitrogens with one attached hydrogen (secondary N) is 1. The molecule has 0 unspecified atom stereocenters. The van der Waals surface area contributed by atoms with Crippen molar-refractivity contribution in [2.45, 2.75) is 12.7 Å². The third-order valence-electron chi connectivity index (χ3n) is 2.83. The van der Waals surface area contributed by atoms with E-state index < -0.39 is 30.2 Å². The summed E-state index contributed by atoms with van der Waals surface area (Å²) >= 11 is 0. The Morgan fingerprint density at radius 1 is 1.22 bits per heavy atom. The zero-order chi connectivity index (χ0) is 16.9. The van der Waals surface area contributed by atoms with Crippen LogP contribution in [0.15, 0.2) is 42.6 Å². The molecule has 0 spiro atoms. The van der Waals surface area contributed by atoms with E-state index in [4.69, 9.17) is 4.74 Å². The average Bonchev–Trinajstić information content (AvgIpc) is 2.51. The third-order valence-corrected chi connectivity index (χ3v) is 2.83. The minimum atomic E-state index is -4.59. The fraction of sp³-hybridized carbons (Fsp3) is 0.200. The molecule has 8 heteroatoms. The van der Waals surface area contributed by atoms with Crippen molar-refractivity contribution in [3.63, 3.8) is 0 Å². The summed E-state index contributed by atoms with van der Waals surface area (Å²) in [5.74, 6) is -1.18. The lowest BCUT2D eigenvalue weighted by Gasteiger charge is -2.10. The summed E-state index contributed by atoms with van der Waals surface area (Å²) in [6.45, 7) is -0.533. The average molecular weight is 328 g/mol. The van der Waals surface area contributed by atoms with Crippen molar-refractivity contribution in [3.8, 4) is 5.75 Å². The number of pyridine rings is 1. The number of hydrogen-bond acceptors (Lipinski definition) is 3. The molecule has 0 bridgehead atoms. The molecule has 0 fully saturated rings. The summed E-state index contributed by atoms with van der Waals surface area (Å²) in [5, 5.41) is 2.41. The molecule has 0 radical (unpaired) electrons. The van der Waals surface area contributed by atoms with E-state index in [-0.39, 0.29) is 12.3 Å². The molecule has 2 aromatic rings. The predicted octanol–water partition coefficient (Wildman–Crippen LogP) is 2.93. The Morgan fingerprint density at radius 2 is 1.96 bits per heavy atom. The number of aromatic nitrogens is 1. The van der Waals surface area contributed by atoms with Crippen LogP contribution < -0.4 is 10.1 Å². The van der Waals surface area contributed by atoms with E-state index in [9.17, 15) is 22.4 Å². The zero-order valence-corrected chi connectivity index (χ0v) is 11.7. The van der Waals surface area contributed by atoms with Crippen LogP contribution in [0, 0.1) is 5.82 Å². The van der Waals surface area contributed by atoms with Gasteiger partial charge in [0.1, 0.15) is 17.3 Å². The van der Waals surface area contributed by atoms with Gasteiger partial charge in [0.15, 0.2) is 6.61 Å². The van der Waals surface area contributed by atoms with Crippen LogP contribution in [0.4, 0.5) is 17.6 Å². The fourth-order valence-electron chi connectivity index (χ4n) is 1.69. The lowest BCUT2D eigenvalue weighted by Crippen LogP contribution is -2.28. The fourth-order valence-corrected chi connectivity index (χ4v) is 1.69. The van der Waals surface area contributed by atoms with Crippen molar-refractivity contribution < 1.29 is 27.1 Å². The van der Waals surface area contributed by atoms with Crippen molar-refractivity contribution in [1.82, 2.24) is 10.3 Å². The third kappa shape index (κ3) is 4.94. The predicted molar refractivity (Wildman–Crippen MR) is 73.0 cm³/mol. The molecule has 1 aromatic carbocycles. The van der Waals surface area contributed by atoms with Crippen LogP contribution in [0.3, 0.4) is 0 Å². The molecule has 122 valence electrons. The number of benzene rings is 1. The molecule has 0 aliphatic carbocycles. The summed E-state index contributed by atoms with van der Waals surface area (Å²) in [7, 11) is 0. The molecule has 1 N–H and O–H groups in total. The largest absolute Gasteiger partial charge is 0.484 e. The number of rotatable bonds is 5. The highest BCUT2D eigenvalue weighted by atomic mass is 19.4. The van der Waals surface area contributed by atoms with Crippen molar-refractivity contribution >= 4 is 5.91 Å². The van der Waals surface area contributed by atoms with Gasteiger partial charge in [0, 0.05) is 24.4 Å². The summed E-state index contributed by atoms with van der Waals surface area (Å²) in [4.78, 5) is 14.8. The van der Waals surface area contributed by atoms with Gasteiger partial charge in [-0.2, -0.15) is 13.2 Å². The topological polar surface area (TPSA) is 51.2 Å². The molecule has 0 aliphatic rings. The van der Waals surface area contributed by atoms with E-state index in [1.54, 1.807) is 6.07 Å². The second-order valence-corrected chi connectivity index (χ2v) is 4.53. The van der Waals surface area contributed by atoms with Gasteiger partial charge in [0.05, 0.1) is 0 Å². The van der Waals surface area contributed by atoms with Gasteiger partial charge in [-0.3, -0.25) is 9.78 Å². The van der Waals surface area contributed by atoms with E-state index in [1.807, 2.05) is 0 Å². The molecule has 23 heavy (non-hydrogen) atoms. The summed E-state index contributed by atoms with van der Waals surface area (Å²) < 4.78 is 55.8. The number of carbonyl (C=O) groups excluding carboxylic acids is 1. The quantitative estimate of drug-likeness (QED) is 0.859. The molecule has 1 heterocycles. The maximum atomic E-state index is 13.4. The van der Waals surface area contributed by atoms with Crippen LogP contribution in [0.1, 0.15) is 11.3 Å². The van der Waals surface area contributed by atoms with Gasteiger partial charge in [0.25, 0.3) is 5.91 Å². The zero-order valence-electron chi connectivity index (χ0n) is 11.7. The SMILES string of the molecule is O=C(COc1ccnc(C(F)(F)F)c1)NCc1ccccc1F. The van der Waals surface area contributed by atoms with E-state index >= 15 is 0 Å². The lowest BCUT2D eigenvalue weighted by molar-refractivity contribution is -0.141. The van der Waals surface area contributed by atoms with Gasteiger partial charge in [-0.25, -0.2) is 4.39 Å². The van der Waals surface area contributed by atoms with E-state index in [1.165, 1.54) is 24.3 Å². The van der Waals surface area contributed by atoms with Crippen LogP contribution in [0.25, 0.3) is 0 Å². The van der Waals surface area contributed by atoms with Crippen LogP contribution >= 0.6 is 0 Å². The number of nitrogens with zero attached hydrogens (tertiary/aromatic N) is 1. The van der Waals surface area contributed by atoms with Gasteiger partial charge in [0.2, 0.25) is 0 Å². The standard InChI is InChI=1S/C15H12F4N2O2/c16-12-4-2-1-3-10(12)8-21-14(22)9-23-11-5-6-20-13(7-11)15(17,18)19/h1-7H,8-9H2,(H,21,22). The number of ether oxygens (including phenoxy) is 1. The van der Waals surface area contributed by atoms with Gasteiger partial charge < -0.3 is 10.1 Å². The van der Waals surface area contributed by atoms with E-state index in [0.29, 0.717) is 11.6 Å². The first kappa shape index (κ1) is 16.7. The second kappa shape index (κ2) is 7.08. The smallest absolute Gasteiger partial charge is 0.433 e. The lowest BCUT2D eigenvalue weighted by atomic mass is 10.2. The highest BCUT2D eigenvalue weighted by Crippen LogP contribution is 2.29. The van der Waals surface area contributed by atoms with Crippen LogP contribution in [-0.4, -0.2) is 17.5 Å². The Kier molecular flexibility index (Phi) is 5.15. The maximum Gasteiger partial charge on any atom is 0.433 e. The Hall–Kier alpha value is -2.64. The maximum absolute atomic E-state index is 13.4. The minimum absolute atomic E-state index is 0.0426. The second-order valence-electron chi connectivity index (χ2n) is 4.53. The Labute approximate surface area is 129 Å². The molecule has 1 aromatic heterocycles. The Morgan fingerprint density at radius 3 is 2.65 bits per heavy atom. The van der Waals surface area contributed by atoms with Crippen LogP contribution in [0.5, 0.6) is 5.75 Å². The van der Waals surface area contributed by atoms with E-state index in [0.717, 1.165) is 6.20 Å². The van der Waals surface area contributed by atoms with Crippen molar-refractivity contribution in [2.24, 2.45) is 0 Å². The molecular formula is C15H12F4N2O2. The first-order valence-electron chi connectivity index (χ1n) is 6.52. The molecule has 4 nitrogen and oxygen atoms in total. The number of hydrogen-bond donors (Lipinski definition) is 1. The highest BCUT2D eigenvalue weighted by Gasteiger charge is 2.32.